The van der Waals surface area contributed by atoms with Crippen LogP contribution in [-0.2, 0) is 0 Å². The third-order valence-electron chi connectivity index (χ3n) is 2.69. The topological polar surface area (TPSA) is 84.0 Å². The van der Waals surface area contributed by atoms with Crippen molar-refractivity contribution in [3.8, 4) is 5.75 Å². The number of alkyl halides is 3. The molecule has 1 heterocycles. The Morgan fingerprint density at radius 2 is 1.44 bits per heavy atom. The lowest BCUT2D eigenvalue weighted by Crippen LogP contribution is -2.27. The van der Waals surface area contributed by atoms with Crippen LogP contribution in [0.4, 0.5) is 36.7 Å². The predicted molar refractivity (Wildman–Crippen MR) is 89.2 cm³/mol. The smallest absolute Gasteiger partial charge is 0.406 e. The number of aromatic nitrogens is 3. The second kappa shape index (κ2) is 6.99. The maximum atomic E-state index is 12.2. The number of halogens is 3. The lowest BCUT2D eigenvalue weighted by Gasteiger charge is -2.21. The summed E-state index contributed by atoms with van der Waals surface area (Å²) in [5.74, 6) is 0.655. The number of ether oxygens (including phenoxy) is 1. The number of hydrogen-bond donors (Lipinski definition) is 3. The standard InChI is InChI=1S/C15H19F3N6O/c1-14(2,3)24-13-22-11(19-4)21-12(23-13)20-9-5-7-10(8-6-9)25-15(16,17)18/h5-8H,1-4H3,(H3,19,20,21,22,23,24). The van der Waals surface area contributed by atoms with Gasteiger partial charge in [-0.1, -0.05) is 0 Å². The van der Waals surface area contributed by atoms with Gasteiger partial charge in [-0.15, -0.1) is 13.2 Å². The molecule has 0 aliphatic heterocycles. The quantitative estimate of drug-likeness (QED) is 0.752. The van der Waals surface area contributed by atoms with E-state index in [2.05, 4.69) is 35.6 Å². The van der Waals surface area contributed by atoms with Crippen LogP contribution in [0.25, 0.3) is 0 Å². The van der Waals surface area contributed by atoms with E-state index in [1.165, 1.54) is 24.3 Å². The van der Waals surface area contributed by atoms with Crippen LogP contribution in [0.15, 0.2) is 24.3 Å². The lowest BCUT2D eigenvalue weighted by atomic mass is 10.1. The number of hydrogen-bond acceptors (Lipinski definition) is 7. The largest absolute Gasteiger partial charge is 0.573 e. The van der Waals surface area contributed by atoms with Crippen LogP contribution in [-0.4, -0.2) is 33.9 Å². The highest BCUT2D eigenvalue weighted by Gasteiger charge is 2.30. The summed E-state index contributed by atoms with van der Waals surface area (Å²) in [5.41, 5.74) is 0.254. The normalized spacial score (nSPS) is 11.8. The van der Waals surface area contributed by atoms with Gasteiger partial charge in [0.05, 0.1) is 0 Å². The fourth-order valence-corrected chi connectivity index (χ4v) is 1.80. The summed E-state index contributed by atoms with van der Waals surface area (Å²) >= 11 is 0. The maximum Gasteiger partial charge on any atom is 0.573 e. The van der Waals surface area contributed by atoms with Gasteiger partial charge in [-0.25, -0.2) is 0 Å². The van der Waals surface area contributed by atoms with Crippen LogP contribution in [0.3, 0.4) is 0 Å². The molecule has 136 valence electrons. The van der Waals surface area contributed by atoms with Crippen molar-refractivity contribution in [3.63, 3.8) is 0 Å². The molecule has 0 spiro atoms. The molecule has 0 aliphatic rings. The number of nitrogens with one attached hydrogen (secondary N) is 3. The number of rotatable bonds is 5. The van der Waals surface area contributed by atoms with Gasteiger partial charge < -0.3 is 20.7 Å². The fraction of sp³-hybridized carbons (Fsp3) is 0.400. The van der Waals surface area contributed by atoms with Crippen LogP contribution in [0.2, 0.25) is 0 Å². The van der Waals surface area contributed by atoms with Crippen molar-refractivity contribution >= 4 is 23.5 Å². The Labute approximate surface area is 143 Å². The van der Waals surface area contributed by atoms with Crippen LogP contribution in [0, 0.1) is 0 Å². The Balaban J connectivity index is 2.17. The fourth-order valence-electron chi connectivity index (χ4n) is 1.80. The predicted octanol–water partition coefficient (Wildman–Crippen LogP) is 3.77. The van der Waals surface area contributed by atoms with Crippen molar-refractivity contribution in [1.29, 1.82) is 0 Å². The van der Waals surface area contributed by atoms with E-state index in [1.807, 2.05) is 20.8 Å². The number of nitrogens with zero attached hydrogens (tertiary/aromatic N) is 3. The average Bonchev–Trinajstić information content (AvgIpc) is 2.45. The highest BCUT2D eigenvalue weighted by atomic mass is 19.4. The zero-order valence-electron chi connectivity index (χ0n) is 14.2. The first-order valence-corrected chi connectivity index (χ1v) is 7.39. The SMILES string of the molecule is CNc1nc(Nc2ccc(OC(F)(F)F)cc2)nc(NC(C)(C)C)n1. The highest BCUT2D eigenvalue weighted by Crippen LogP contribution is 2.25. The van der Waals surface area contributed by atoms with Crippen molar-refractivity contribution in [2.45, 2.75) is 32.7 Å². The number of anilines is 4. The third kappa shape index (κ3) is 6.32. The second-order valence-corrected chi connectivity index (χ2v) is 6.13. The van der Waals surface area contributed by atoms with E-state index in [0.717, 1.165) is 0 Å². The van der Waals surface area contributed by atoms with Crippen molar-refractivity contribution in [3.05, 3.63) is 24.3 Å². The van der Waals surface area contributed by atoms with Crippen molar-refractivity contribution in [1.82, 2.24) is 15.0 Å². The molecular formula is C15H19F3N6O. The van der Waals surface area contributed by atoms with Crippen LogP contribution >= 0.6 is 0 Å². The first-order chi connectivity index (χ1) is 11.5. The second-order valence-electron chi connectivity index (χ2n) is 6.13. The summed E-state index contributed by atoms with van der Waals surface area (Å²) in [7, 11) is 1.67. The molecule has 0 fully saturated rings. The van der Waals surface area contributed by atoms with Gasteiger partial charge in [-0.2, -0.15) is 15.0 Å². The Bertz CT molecular complexity index is 713. The first kappa shape index (κ1) is 18.6. The molecule has 1 aromatic heterocycles. The molecule has 10 heteroatoms. The van der Waals surface area contributed by atoms with E-state index >= 15 is 0 Å². The molecule has 0 radical (unpaired) electrons. The van der Waals surface area contributed by atoms with E-state index in [1.54, 1.807) is 7.05 Å². The third-order valence-corrected chi connectivity index (χ3v) is 2.69. The molecule has 0 atom stereocenters. The van der Waals surface area contributed by atoms with Gasteiger partial charge in [0.25, 0.3) is 0 Å². The zero-order valence-corrected chi connectivity index (χ0v) is 14.2. The van der Waals surface area contributed by atoms with Gasteiger partial charge in [0.1, 0.15) is 5.75 Å². The summed E-state index contributed by atoms with van der Waals surface area (Å²) in [5, 5.41) is 8.87. The molecular weight excluding hydrogens is 337 g/mol. The molecule has 25 heavy (non-hydrogen) atoms. The first-order valence-electron chi connectivity index (χ1n) is 7.39. The van der Waals surface area contributed by atoms with Crippen molar-refractivity contribution in [2.75, 3.05) is 23.0 Å². The Morgan fingerprint density at radius 1 is 0.880 bits per heavy atom. The van der Waals surface area contributed by atoms with E-state index in [-0.39, 0.29) is 17.2 Å². The van der Waals surface area contributed by atoms with Gasteiger partial charge in [-0.3, -0.25) is 0 Å². The van der Waals surface area contributed by atoms with Crippen LogP contribution in [0.1, 0.15) is 20.8 Å². The molecule has 0 saturated carbocycles. The Morgan fingerprint density at radius 3 is 1.96 bits per heavy atom. The minimum atomic E-state index is -4.72. The van der Waals surface area contributed by atoms with E-state index in [4.69, 9.17) is 0 Å². The molecule has 0 amide bonds. The molecule has 2 aromatic rings. The Kier molecular flexibility index (Phi) is 5.19. The summed E-state index contributed by atoms with van der Waals surface area (Å²) in [4.78, 5) is 12.6. The average molecular weight is 356 g/mol. The molecule has 0 unspecified atom stereocenters. The maximum absolute atomic E-state index is 12.2. The molecule has 2 rings (SSSR count). The molecule has 0 aliphatic carbocycles. The van der Waals surface area contributed by atoms with Crippen LogP contribution < -0.4 is 20.7 Å². The summed E-state index contributed by atoms with van der Waals surface area (Å²) < 4.78 is 40.3. The summed E-state index contributed by atoms with van der Waals surface area (Å²) in [6.45, 7) is 5.88. The minimum Gasteiger partial charge on any atom is -0.406 e. The summed E-state index contributed by atoms with van der Waals surface area (Å²) in [6, 6.07) is 5.26. The molecule has 0 bridgehead atoms. The van der Waals surface area contributed by atoms with Crippen LogP contribution in [0.5, 0.6) is 5.75 Å². The van der Waals surface area contributed by atoms with Gasteiger partial charge in [0.15, 0.2) is 0 Å². The van der Waals surface area contributed by atoms with Gasteiger partial charge in [-0.05, 0) is 45.0 Å². The minimum absolute atomic E-state index is 0.246. The van der Waals surface area contributed by atoms with Gasteiger partial charge >= 0.3 is 6.36 Å². The molecule has 1 aromatic carbocycles. The molecule has 0 saturated heterocycles. The molecule has 7 nitrogen and oxygen atoms in total. The number of benzene rings is 1. The monoisotopic (exact) mass is 356 g/mol. The van der Waals surface area contributed by atoms with Gasteiger partial charge in [0, 0.05) is 18.3 Å². The zero-order chi connectivity index (χ0) is 18.7. The van der Waals surface area contributed by atoms with E-state index in [0.29, 0.717) is 17.6 Å². The van der Waals surface area contributed by atoms with E-state index < -0.39 is 6.36 Å². The van der Waals surface area contributed by atoms with E-state index in [9.17, 15) is 13.2 Å². The molecule has 3 N–H and O–H groups in total. The lowest BCUT2D eigenvalue weighted by molar-refractivity contribution is -0.274. The van der Waals surface area contributed by atoms with Crippen molar-refractivity contribution < 1.29 is 17.9 Å². The van der Waals surface area contributed by atoms with Gasteiger partial charge in [0.2, 0.25) is 17.8 Å². The summed E-state index contributed by atoms with van der Waals surface area (Å²) in [6.07, 6.45) is -4.72. The highest BCUT2D eigenvalue weighted by molar-refractivity contribution is 5.56. The van der Waals surface area contributed by atoms with Crippen molar-refractivity contribution in [2.24, 2.45) is 0 Å². The Hall–Kier alpha value is -2.78.